The minimum atomic E-state index is -0.524. The van der Waals surface area contributed by atoms with Gasteiger partial charge in [-0.15, -0.1) is 0 Å². The van der Waals surface area contributed by atoms with Crippen molar-refractivity contribution in [1.29, 1.82) is 0 Å². The Labute approximate surface area is 147 Å². The van der Waals surface area contributed by atoms with Gasteiger partial charge >= 0.3 is 0 Å². The standard InChI is InChI=1S/C18H25N3O4/c1-18(2,3)17(24)21-13-7-5-11(9-14(13)25-4)20-16(23)10-12-6-8-15(22)19-12/h5,7,9,12H,6,8,10H2,1-4H3,(H,19,22)(H,20,23)(H,21,24)/t12-/m1/s1. The van der Waals surface area contributed by atoms with Crippen molar-refractivity contribution in [2.45, 2.75) is 46.1 Å². The normalized spacial score (nSPS) is 17.0. The molecular formula is C18H25N3O4. The maximum absolute atomic E-state index is 12.1. The third-order valence-corrected chi connectivity index (χ3v) is 3.93. The summed E-state index contributed by atoms with van der Waals surface area (Å²) in [5.41, 5.74) is 0.590. The van der Waals surface area contributed by atoms with Crippen molar-refractivity contribution >= 4 is 29.1 Å². The Morgan fingerprint density at radius 3 is 2.56 bits per heavy atom. The molecule has 2 rings (SSSR count). The number of carbonyl (C=O) groups excluding carboxylic acids is 3. The van der Waals surface area contributed by atoms with Gasteiger partial charge in [-0.2, -0.15) is 0 Å². The highest BCUT2D eigenvalue weighted by molar-refractivity contribution is 5.97. The number of carbonyl (C=O) groups is 3. The molecule has 0 bridgehead atoms. The first-order valence-electron chi connectivity index (χ1n) is 8.28. The highest BCUT2D eigenvalue weighted by Crippen LogP contribution is 2.29. The fourth-order valence-corrected chi connectivity index (χ4v) is 2.45. The van der Waals surface area contributed by atoms with Gasteiger partial charge in [0.15, 0.2) is 0 Å². The van der Waals surface area contributed by atoms with Crippen LogP contribution in [0.1, 0.15) is 40.0 Å². The molecule has 0 aromatic heterocycles. The van der Waals surface area contributed by atoms with E-state index in [4.69, 9.17) is 4.74 Å². The second-order valence-corrected chi connectivity index (χ2v) is 7.17. The van der Waals surface area contributed by atoms with Crippen LogP contribution in [0.5, 0.6) is 5.75 Å². The first kappa shape index (κ1) is 18.8. The Balaban J connectivity index is 2.01. The number of hydrogen-bond acceptors (Lipinski definition) is 4. The van der Waals surface area contributed by atoms with Gasteiger partial charge in [-0.1, -0.05) is 20.8 Å². The molecule has 3 N–H and O–H groups in total. The number of ether oxygens (including phenoxy) is 1. The number of hydrogen-bond donors (Lipinski definition) is 3. The van der Waals surface area contributed by atoms with Crippen LogP contribution in [0.2, 0.25) is 0 Å². The number of amides is 3. The van der Waals surface area contributed by atoms with Gasteiger partial charge in [-0.25, -0.2) is 0 Å². The lowest BCUT2D eigenvalue weighted by Gasteiger charge is -2.19. The lowest BCUT2D eigenvalue weighted by molar-refractivity contribution is -0.123. The van der Waals surface area contributed by atoms with Gasteiger partial charge in [0.1, 0.15) is 5.75 Å². The second kappa shape index (κ2) is 7.55. The van der Waals surface area contributed by atoms with Crippen LogP contribution in [0.15, 0.2) is 18.2 Å². The molecule has 1 aromatic carbocycles. The van der Waals surface area contributed by atoms with E-state index in [0.717, 1.165) is 0 Å². The van der Waals surface area contributed by atoms with Crippen LogP contribution in [-0.2, 0) is 14.4 Å². The second-order valence-electron chi connectivity index (χ2n) is 7.17. The van der Waals surface area contributed by atoms with Crippen molar-refractivity contribution in [2.75, 3.05) is 17.7 Å². The Morgan fingerprint density at radius 1 is 1.28 bits per heavy atom. The van der Waals surface area contributed by atoms with Crippen molar-refractivity contribution in [3.63, 3.8) is 0 Å². The molecule has 0 aliphatic carbocycles. The molecule has 1 saturated heterocycles. The number of anilines is 2. The zero-order valence-electron chi connectivity index (χ0n) is 15.1. The summed E-state index contributed by atoms with van der Waals surface area (Å²) in [5, 5.41) is 8.37. The van der Waals surface area contributed by atoms with Crippen LogP contribution in [0, 0.1) is 5.41 Å². The molecule has 3 amide bonds. The predicted octanol–water partition coefficient (Wildman–Crippen LogP) is 2.29. The summed E-state index contributed by atoms with van der Waals surface area (Å²) in [6.07, 6.45) is 1.37. The molecule has 1 aliphatic rings. The van der Waals surface area contributed by atoms with Crippen LogP contribution < -0.4 is 20.7 Å². The fraction of sp³-hybridized carbons (Fsp3) is 0.500. The number of methoxy groups -OCH3 is 1. The molecule has 7 heteroatoms. The van der Waals surface area contributed by atoms with E-state index in [1.807, 2.05) is 20.8 Å². The Hall–Kier alpha value is -2.57. The molecule has 0 radical (unpaired) electrons. The lowest BCUT2D eigenvalue weighted by atomic mass is 9.95. The molecule has 1 atom stereocenters. The monoisotopic (exact) mass is 347 g/mol. The third-order valence-electron chi connectivity index (χ3n) is 3.93. The highest BCUT2D eigenvalue weighted by Gasteiger charge is 2.24. The minimum Gasteiger partial charge on any atom is -0.494 e. The van der Waals surface area contributed by atoms with Crippen LogP contribution in [0.4, 0.5) is 11.4 Å². The maximum atomic E-state index is 12.1. The Kier molecular flexibility index (Phi) is 5.66. The zero-order valence-corrected chi connectivity index (χ0v) is 15.1. The van der Waals surface area contributed by atoms with E-state index in [9.17, 15) is 14.4 Å². The van der Waals surface area contributed by atoms with Gasteiger partial charge in [0.25, 0.3) is 0 Å². The zero-order chi connectivity index (χ0) is 18.6. The molecule has 1 heterocycles. The molecule has 25 heavy (non-hydrogen) atoms. The summed E-state index contributed by atoms with van der Waals surface area (Å²) in [5.74, 6) is 0.142. The molecule has 1 fully saturated rings. The van der Waals surface area contributed by atoms with E-state index >= 15 is 0 Å². The summed E-state index contributed by atoms with van der Waals surface area (Å²) in [6, 6.07) is 4.94. The quantitative estimate of drug-likeness (QED) is 0.761. The van der Waals surface area contributed by atoms with Crippen molar-refractivity contribution in [2.24, 2.45) is 5.41 Å². The molecule has 136 valence electrons. The SMILES string of the molecule is COc1cc(NC(=O)C[C@H]2CCC(=O)N2)ccc1NC(=O)C(C)(C)C. The van der Waals surface area contributed by atoms with Crippen LogP contribution in [0.3, 0.4) is 0 Å². The van der Waals surface area contributed by atoms with Gasteiger partial charge in [0.2, 0.25) is 17.7 Å². The highest BCUT2D eigenvalue weighted by atomic mass is 16.5. The predicted molar refractivity (Wildman–Crippen MR) is 95.5 cm³/mol. The average molecular weight is 347 g/mol. The number of rotatable bonds is 5. The molecule has 1 aliphatic heterocycles. The maximum Gasteiger partial charge on any atom is 0.229 e. The largest absolute Gasteiger partial charge is 0.494 e. The van der Waals surface area contributed by atoms with Crippen LogP contribution in [-0.4, -0.2) is 30.9 Å². The van der Waals surface area contributed by atoms with Crippen molar-refractivity contribution in [1.82, 2.24) is 5.32 Å². The molecule has 1 aromatic rings. The summed E-state index contributed by atoms with van der Waals surface area (Å²) in [4.78, 5) is 35.4. The summed E-state index contributed by atoms with van der Waals surface area (Å²) in [6.45, 7) is 5.47. The van der Waals surface area contributed by atoms with Gasteiger partial charge in [0, 0.05) is 36.1 Å². The smallest absolute Gasteiger partial charge is 0.229 e. The summed E-state index contributed by atoms with van der Waals surface area (Å²) in [7, 11) is 1.50. The molecule has 0 spiro atoms. The fourth-order valence-electron chi connectivity index (χ4n) is 2.45. The molecule has 7 nitrogen and oxygen atoms in total. The van der Waals surface area contributed by atoms with E-state index in [2.05, 4.69) is 16.0 Å². The summed E-state index contributed by atoms with van der Waals surface area (Å²) >= 11 is 0. The molecular weight excluding hydrogens is 322 g/mol. The first-order chi connectivity index (χ1) is 11.7. The van der Waals surface area contributed by atoms with Crippen LogP contribution in [0.25, 0.3) is 0 Å². The third kappa shape index (κ3) is 5.20. The lowest BCUT2D eigenvalue weighted by Crippen LogP contribution is -2.30. The van der Waals surface area contributed by atoms with E-state index < -0.39 is 5.41 Å². The van der Waals surface area contributed by atoms with E-state index in [1.165, 1.54) is 7.11 Å². The minimum absolute atomic E-state index is 0.0154. The van der Waals surface area contributed by atoms with E-state index in [1.54, 1.807) is 18.2 Å². The van der Waals surface area contributed by atoms with Gasteiger partial charge in [-0.05, 0) is 18.6 Å². The van der Waals surface area contributed by atoms with Gasteiger partial charge in [-0.3, -0.25) is 14.4 Å². The van der Waals surface area contributed by atoms with Crippen LogP contribution >= 0.6 is 0 Å². The summed E-state index contributed by atoms with van der Waals surface area (Å²) < 4.78 is 5.31. The van der Waals surface area contributed by atoms with Gasteiger partial charge in [0.05, 0.1) is 12.8 Å². The Bertz CT molecular complexity index is 679. The number of nitrogens with one attached hydrogen (secondary N) is 3. The average Bonchev–Trinajstić information content (AvgIpc) is 2.92. The number of benzene rings is 1. The van der Waals surface area contributed by atoms with Gasteiger partial charge < -0.3 is 20.7 Å². The Morgan fingerprint density at radius 2 is 2.00 bits per heavy atom. The van der Waals surface area contributed by atoms with Crippen molar-refractivity contribution in [3.8, 4) is 5.75 Å². The topological polar surface area (TPSA) is 96.5 Å². The van der Waals surface area contributed by atoms with E-state index in [-0.39, 0.29) is 30.2 Å². The first-order valence-corrected chi connectivity index (χ1v) is 8.28. The van der Waals surface area contributed by atoms with Crippen molar-refractivity contribution < 1.29 is 19.1 Å². The van der Waals surface area contributed by atoms with E-state index in [0.29, 0.717) is 30.0 Å². The molecule has 0 unspecified atom stereocenters. The molecule has 0 saturated carbocycles. The van der Waals surface area contributed by atoms with Crippen molar-refractivity contribution in [3.05, 3.63) is 18.2 Å².